The third-order valence-corrected chi connectivity index (χ3v) is 127. The van der Waals surface area contributed by atoms with Gasteiger partial charge in [0, 0.05) is 15.2 Å². The normalized spacial score (nSPS) is 16.8. The fourth-order valence-electron chi connectivity index (χ4n) is 4.93. The molecule has 0 aromatic carbocycles. The number of hydrogen-bond acceptors (Lipinski definition) is 1. The first-order valence-electron chi connectivity index (χ1n) is 12.5. The second kappa shape index (κ2) is 8.43. The molecule has 0 aliphatic heterocycles. The van der Waals surface area contributed by atoms with Crippen molar-refractivity contribution in [2.45, 2.75) is 156 Å². The third-order valence-electron chi connectivity index (χ3n) is 10.9. The molecular formula is C24H61OSi6. The first-order valence-corrected chi connectivity index (χ1v) is 32.9. The minimum absolute atomic E-state index is 0.226. The quantitative estimate of drug-likeness (QED) is 0.350. The third kappa shape index (κ3) is 4.99. The van der Waals surface area contributed by atoms with Crippen molar-refractivity contribution in [3.05, 3.63) is 0 Å². The van der Waals surface area contributed by atoms with E-state index < -0.39 is 44.6 Å². The zero-order chi connectivity index (χ0) is 26.1. The van der Waals surface area contributed by atoms with Gasteiger partial charge in [0.25, 0.3) is 0 Å². The van der Waals surface area contributed by atoms with Crippen LogP contribution in [0.5, 0.6) is 0 Å². The van der Waals surface area contributed by atoms with E-state index in [9.17, 15) is 4.80 Å². The highest BCUT2D eigenvalue weighted by Gasteiger charge is 2.75. The van der Waals surface area contributed by atoms with E-state index in [0.29, 0.717) is 10.1 Å². The second-order valence-electron chi connectivity index (χ2n) is 16.6. The fourth-order valence-corrected chi connectivity index (χ4v) is 195. The molecule has 0 aromatic rings. The summed E-state index contributed by atoms with van der Waals surface area (Å²) in [6, 6.07) is 0. The molecule has 0 saturated carbocycles. The molecule has 1 radical (unpaired) electrons. The van der Waals surface area contributed by atoms with Crippen LogP contribution in [0, 0.1) is 0 Å². The molecule has 0 spiro atoms. The van der Waals surface area contributed by atoms with Crippen molar-refractivity contribution < 1.29 is 4.80 Å². The van der Waals surface area contributed by atoms with Crippen molar-refractivity contribution in [2.75, 3.05) is 0 Å². The predicted octanol–water partition coefficient (Wildman–Crippen LogP) is 8.85. The van der Waals surface area contributed by atoms with Gasteiger partial charge in [-0.05, 0) is 20.2 Å². The summed E-state index contributed by atoms with van der Waals surface area (Å²) in [5, 5.41) is 1.10. The molecule has 187 valence electrons. The maximum Gasteiger partial charge on any atom is 0.148 e. The van der Waals surface area contributed by atoms with Crippen molar-refractivity contribution in [2.24, 2.45) is 0 Å². The molecule has 0 heterocycles. The van der Waals surface area contributed by atoms with E-state index in [1.54, 1.807) is 0 Å². The van der Waals surface area contributed by atoms with Gasteiger partial charge in [0.15, 0.2) is 0 Å². The molecule has 0 aliphatic rings. The minimum Gasteiger partial charge on any atom is -0.441 e. The summed E-state index contributed by atoms with van der Waals surface area (Å²) in [6.07, 6.45) is 0. The molecular weight excluding hydrogens is 473 g/mol. The Hall–Kier alpha value is 1.26. The van der Waals surface area contributed by atoms with E-state index in [1.165, 1.54) is 0 Å². The van der Waals surface area contributed by atoms with Crippen molar-refractivity contribution in [3.63, 3.8) is 0 Å². The Labute approximate surface area is 204 Å². The van der Waals surface area contributed by atoms with Crippen molar-refractivity contribution >= 4 is 44.6 Å². The van der Waals surface area contributed by atoms with Crippen molar-refractivity contribution in [1.82, 2.24) is 0 Å². The van der Waals surface area contributed by atoms with Crippen LogP contribution in [-0.2, 0) is 0 Å². The molecule has 0 atom stereocenters. The van der Waals surface area contributed by atoms with E-state index in [0.717, 1.165) is 0 Å². The molecule has 31 heavy (non-hydrogen) atoms. The lowest BCUT2D eigenvalue weighted by molar-refractivity contribution is 0.581. The zero-order valence-electron chi connectivity index (χ0n) is 25.4. The molecule has 1 N–H and O–H groups in total. The molecule has 0 saturated heterocycles. The Balaban J connectivity index is 8.00. The van der Waals surface area contributed by atoms with Crippen LogP contribution < -0.4 is 0 Å². The standard InChI is InChI=1S/C24H61OSi6/c1-21(2,3)27(13,14)26(28(15,16)22(4,5)6)31(25,29(17,18)23(7,8)9)30(19,20)24(10,11)12/h25H,1-20H3. The monoisotopic (exact) mass is 533 g/mol. The molecule has 0 rings (SSSR count). The summed E-state index contributed by atoms with van der Waals surface area (Å²) >= 11 is 0. The van der Waals surface area contributed by atoms with Crippen LogP contribution >= 0.6 is 0 Å². The average Bonchev–Trinajstić information content (AvgIpc) is 2.41. The van der Waals surface area contributed by atoms with Crippen LogP contribution in [0.1, 0.15) is 83.1 Å². The van der Waals surface area contributed by atoms with Crippen LogP contribution in [0.15, 0.2) is 0 Å². The van der Waals surface area contributed by atoms with Gasteiger partial charge in [-0.3, -0.25) is 0 Å². The SMILES string of the molecule is CC(C)(C)[Si](C)(C)[Si]([Si](C)(C)C(C)(C)C)[Si](O)([Si](C)(C)C(C)(C)C)[Si](C)(C)C(C)(C)C. The van der Waals surface area contributed by atoms with Crippen LogP contribution in [0.25, 0.3) is 0 Å². The van der Waals surface area contributed by atoms with E-state index in [-0.39, 0.29) is 10.1 Å². The van der Waals surface area contributed by atoms with Gasteiger partial charge in [-0.25, -0.2) is 0 Å². The second-order valence-corrected chi connectivity index (χ2v) is 72.8. The Morgan fingerprint density at radius 2 is 0.613 bits per heavy atom. The van der Waals surface area contributed by atoms with Crippen molar-refractivity contribution in [3.8, 4) is 0 Å². The first kappa shape index (κ1) is 32.3. The lowest BCUT2D eigenvalue weighted by Gasteiger charge is -2.68. The molecule has 0 aliphatic carbocycles. The highest BCUT2D eigenvalue weighted by Crippen LogP contribution is 2.57. The Bertz CT molecular complexity index is 585. The molecule has 0 unspecified atom stereocenters. The number of hydrogen-bond donors (Lipinski definition) is 1. The van der Waals surface area contributed by atoms with E-state index in [4.69, 9.17) is 0 Å². The topological polar surface area (TPSA) is 20.2 Å². The van der Waals surface area contributed by atoms with Crippen LogP contribution in [0.2, 0.25) is 72.5 Å². The Morgan fingerprint density at radius 3 is 0.742 bits per heavy atom. The predicted molar refractivity (Wildman–Crippen MR) is 163 cm³/mol. The van der Waals surface area contributed by atoms with E-state index in [2.05, 4.69) is 135 Å². The Morgan fingerprint density at radius 1 is 0.419 bits per heavy atom. The highest BCUT2D eigenvalue weighted by molar-refractivity contribution is 8.02. The summed E-state index contributed by atoms with van der Waals surface area (Å²) in [4.78, 5) is 14.0. The van der Waals surface area contributed by atoms with Crippen LogP contribution in [0.3, 0.4) is 0 Å². The maximum atomic E-state index is 14.0. The maximum absolute atomic E-state index is 14.0. The van der Waals surface area contributed by atoms with Gasteiger partial charge < -0.3 is 4.80 Å². The Kier molecular flexibility index (Phi) is 8.78. The molecule has 1 nitrogen and oxygen atoms in total. The minimum atomic E-state index is -2.59. The lowest BCUT2D eigenvalue weighted by atomic mass is 10.2. The zero-order valence-corrected chi connectivity index (χ0v) is 31.4. The molecule has 0 aromatic heterocycles. The summed E-state index contributed by atoms with van der Waals surface area (Å²) in [5.41, 5.74) is 0. The van der Waals surface area contributed by atoms with E-state index in [1.807, 2.05) is 0 Å². The summed E-state index contributed by atoms with van der Waals surface area (Å²) < 4.78 is 0. The van der Waals surface area contributed by atoms with Crippen LogP contribution in [0.4, 0.5) is 0 Å². The van der Waals surface area contributed by atoms with Gasteiger partial charge in [0.1, 0.15) is 6.87 Å². The fraction of sp³-hybridized carbons (Fsp3) is 1.00. The molecule has 0 bridgehead atoms. The van der Waals surface area contributed by atoms with E-state index >= 15 is 0 Å². The van der Waals surface area contributed by atoms with Gasteiger partial charge in [0.05, 0.1) is 22.5 Å². The average molecular weight is 534 g/mol. The highest BCUT2D eigenvalue weighted by atomic mass is 30.2. The van der Waals surface area contributed by atoms with Gasteiger partial charge in [-0.2, -0.15) is 0 Å². The van der Waals surface area contributed by atoms with Gasteiger partial charge in [-0.15, -0.1) is 0 Å². The molecule has 0 fully saturated rings. The largest absolute Gasteiger partial charge is 0.441 e. The van der Waals surface area contributed by atoms with Crippen LogP contribution in [-0.4, -0.2) is 49.4 Å². The smallest absolute Gasteiger partial charge is 0.148 e. The van der Waals surface area contributed by atoms with Crippen molar-refractivity contribution in [1.29, 1.82) is 0 Å². The molecule has 7 heteroatoms. The summed E-state index contributed by atoms with van der Waals surface area (Å²) in [5.74, 6) is 0. The van der Waals surface area contributed by atoms with Gasteiger partial charge in [-0.1, -0.05) is 135 Å². The first-order chi connectivity index (χ1) is 12.9. The summed E-state index contributed by atoms with van der Waals surface area (Å²) in [6.45, 7) is 48.7. The van der Waals surface area contributed by atoms with Gasteiger partial charge >= 0.3 is 0 Å². The summed E-state index contributed by atoms with van der Waals surface area (Å²) in [7, 11) is -8.37. The molecule has 0 amide bonds. The number of rotatable bonds is 5. The lowest BCUT2D eigenvalue weighted by Crippen LogP contribution is -2.94. The van der Waals surface area contributed by atoms with Gasteiger partial charge in [0.2, 0.25) is 0 Å².